The van der Waals surface area contributed by atoms with Crippen molar-refractivity contribution in [2.75, 3.05) is 33.3 Å². The third kappa shape index (κ3) is 4.22. The molecule has 112 valence electrons. The molecule has 1 atom stereocenters. The number of benzene rings is 1. The van der Waals surface area contributed by atoms with Gasteiger partial charge in [0.15, 0.2) is 0 Å². The van der Waals surface area contributed by atoms with Crippen molar-refractivity contribution in [2.45, 2.75) is 38.6 Å². The maximum absolute atomic E-state index is 5.39. The molecule has 2 rings (SSSR count). The molecule has 1 aliphatic rings. The zero-order valence-electron chi connectivity index (χ0n) is 12.9. The van der Waals surface area contributed by atoms with Gasteiger partial charge in [0.2, 0.25) is 0 Å². The highest BCUT2D eigenvalue weighted by Gasteiger charge is 2.21. The smallest absolute Gasteiger partial charge is 0.119 e. The van der Waals surface area contributed by atoms with Crippen LogP contribution in [0.2, 0.25) is 0 Å². The molecule has 0 aromatic heterocycles. The highest BCUT2D eigenvalue weighted by Crippen LogP contribution is 2.29. The lowest BCUT2D eigenvalue weighted by Crippen LogP contribution is -2.45. The Hall–Kier alpha value is -1.06. The van der Waals surface area contributed by atoms with Crippen LogP contribution < -0.4 is 10.1 Å². The van der Waals surface area contributed by atoms with Crippen molar-refractivity contribution in [2.24, 2.45) is 0 Å². The third-order valence-corrected chi connectivity index (χ3v) is 4.15. The van der Waals surface area contributed by atoms with Crippen molar-refractivity contribution in [1.82, 2.24) is 10.2 Å². The molecule has 0 spiro atoms. The van der Waals surface area contributed by atoms with Crippen LogP contribution in [-0.2, 0) is 0 Å². The van der Waals surface area contributed by atoms with Gasteiger partial charge in [-0.25, -0.2) is 0 Å². The fraction of sp³-hybridized carbons (Fsp3) is 0.647. The lowest BCUT2D eigenvalue weighted by molar-refractivity contribution is 0.162. The molecule has 3 nitrogen and oxygen atoms in total. The molecule has 20 heavy (non-hydrogen) atoms. The van der Waals surface area contributed by atoms with Gasteiger partial charge in [-0.3, -0.25) is 4.90 Å². The first-order valence-electron chi connectivity index (χ1n) is 7.94. The molecule has 0 amide bonds. The normalized spacial score (nSPS) is 17.9. The Bertz CT molecular complexity index is 388. The van der Waals surface area contributed by atoms with E-state index in [0.717, 1.165) is 31.9 Å². The second-order valence-corrected chi connectivity index (χ2v) is 5.57. The summed E-state index contributed by atoms with van der Waals surface area (Å²) in [6.07, 6.45) is 5.17. The van der Waals surface area contributed by atoms with E-state index in [9.17, 15) is 0 Å². The van der Waals surface area contributed by atoms with Gasteiger partial charge in [-0.1, -0.05) is 38.3 Å². The van der Waals surface area contributed by atoms with Crippen molar-refractivity contribution < 1.29 is 4.74 Å². The molecular formula is C17H28N2O. The molecule has 0 saturated carbocycles. The minimum Gasteiger partial charge on any atom is -0.497 e. The van der Waals surface area contributed by atoms with Gasteiger partial charge >= 0.3 is 0 Å². The molecule has 0 radical (unpaired) electrons. The summed E-state index contributed by atoms with van der Waals surface area (Å²) in [4.78, 5) is 2.63. The first-order valence-corrected chi connectivity index (χ1v) is 7.94. The SMILES string of the molecule is CCCCC[C@@H](c1cccc(OC)c1)N1CCNCC1. The molecule has 1 fully saturated rings. The molecule has 1 N–H and O–H groups in total. The number of hydrogen-bond donors (Lipinski definition) is 1. The summed E-state index contributed by atoms with van der Waals surface area (Å²) >= 11 is 0. The number of unbranched alkanes of at least 4 members (excludes halogenated alkanes) is 2. The van der Waals surface area contributed by atoms with E-state index in [-0.39, 0.29) is 0 Å². The van der Waals surface area contributed by atoms with Crippen LogP contribution in [-0.4, -0.2) is 38.2 Å². The Morgan fingerprint density at radius 3 is 2.75 bits per heavy atom. The van der Waals surface area contributed by atoms with Crippen LogP contribution in [0, 0.1) is 0 Å². The predicted molar refractivity (Wildman–Crippen MR) is 84.3 cm³/mol. The molecule has 1 aliphatic heterocycles. The number of hydrogen-bond acceptors (Lipinski definition) is 3. The van der Waals surface area contributed by atoms with Gasteiger partial charge in [0.05, 0.1) is 7.11 Å². The number of ether oxygens (including phenoxy) is 1. The monoisotopic (exact) mass is 276 g/mol. The number of rotatable bonds is 7. The largest absolute Gasteiger partial charge is 0.497 e. The molecule has 1 saturated heterocycles. The van der Waals surface area contributed by atoms with Gasteiger partial charge < -0.3 is 10.1 Å². The zero-order chi connectivity index (χ0) is 14.2. The summed E-state index contributed by atoms with van der Waals surface area (Å²) < 4.78 is 5.39. The summed E-state index contributed by atoms with van der Waals surface area (Å²) in [5.74, 6) is 0.970. The van der Waals surface area contributed by atoms with Gasteiger partial charge in [0.1, 0.15) is 5.75 Å². The van der Waals surface area contributed by atoms with E-state index in [1.165, 1.54) is 31.2 Å². The first-order chi connectivity index (χ1) is 9.85. The highest BCUT2D eigenvalue weighted by molar-refractivity contribution is 5.30. The standard InChI is InChI=1S/C17H28N2O/c1-3-4-5-9-17(19-12-10-18-11-13-19)15-7-6-8-16(14-15)20-2/h6-8,14,17-18H,3-5,9-13H2,1-2H3/t17-/m0/s1. The van der Waals surface area contributed by atoms with E-state index >= 15 is 0 Å². The lowest BCUT2D eigenvalue weighted by atomic mass is 9.98. The number of nitrogens with zero attached hydrogens (tertiary/aromatic N) is 1. The first kappa shape index (κ1) is 15.3. The van der Waals surface area contributed by atoms with Gasteiger partial charge in [0, 0.05) is 32.2 Å². The Morgan fingerprint density at radius 1 is 1.25 bits per heavy atom. The molecule has 0 unspecified atom stereocenters. The van der Waals surface area contributed by atoms with Gasteiger partial charge in [-0.15, -0.1) is 0 Å². The van der Waals surface area contributed by atoms with E-state index in [1.807, 2.05) is 6.07 Å². The third-order valence-electron chi connectivity index (χ3n) is 4.15. The molecular weight excluding hydrogens is 248 g/mol. The predicted octanol–water partition coefficient (Wildman–Crippen LogP) is 3.22. The molecule has 0 aliphatic carbocycles. The quantitative estimate of drug-likeness (QED) is 0.774. The minimum atomic E-state index is 0.541. The maximum atomic E-state index is 5.39. The average molecular weight is 276 g/mol. The average Bonchev–Trinajstić information content (AvgIpc) is 2.52. The lowest BCUT2D eigenvalue weighted by Gasteiger charge is -2.35. The summed E-state index contributed by atoms with van der Waals surface area (Å²) in [5.41, 5.74) is 1.40. The molecule has 1 heterocycles. The minimum absolute atomic E-state index is 0.541. The zero-order valence-corrected chi connectivity index (χ0v) is 12.9. The van der Waals surface area contributed by atoms with E-state index in [1.54, 1.807) is 7.11 Å². The van der Waals surface area contributed by atoms with Crippen molar-refractivity contribution in [1.29, 1.82) is 0 Å². The Kier molecular flexibility index (Phi) is 6.34. The molecule has 1 aromatic carbocycles. The van der Waals surface area contributed by atoms with Crippen LogP contribution in [0.5, 0.6) is 5.75 Å². The van der Waals surface area contributed by atoms with Crippen molar-refractivity contribution in [3.05, 3.63) is 29.8 Å². The second-order valence-electron chi connectivity index (χ2n) is 5.57. The Labute approximate surface area is 123 Å². The van der Waals surface area contributed by atoms with E-state index in [2.05, 4.69) is 35.3 Å². The molecule has 3 heteroatoms. The van der Waals surface area contributed by atoms with Gasteiger partial charge in [0.25, 0.3) is 0 Å². The van der Waals surface area contributed by atoms with E-state index < -0.39 is 0 Å². The van der Waals surface area contributed by atoms with E-state index in [4.69, 9.17) is 4.74 Å². The van der Waals surface area contributed by atoms with Gasteiger partial charge in [-0.2, -0.15) is 0 Å². The van der Waals surface area contributed by atoms with Crippen LogP contribution in [0.1, 0.15) is 44.2 Å². The van der Waals surface area contributed by atoms with Crippen LogP contribution in [0.3, 0.4) is 0 Å². The van der Waals surface area contributed by atoms with Crippen LogP contribution in [0.15, 0.2) is 24.3 Å². The van der Waals surface area contributed by atoms with Crippen LogP contribution >= 0.6 is 0 Å². The highest BCUT2D eigenvalue weighted by atomic mass is 16.5. The van der Waals surface area contributed by atoms with E-state index in [0.29, 0.717) is 6.04 Å². The Morgan fingerprint density at radius 2 is 2.05 bits per heavy atom. The number of nitrogens with one attached hydrogen (secondary N) is 1. The van der Waals surface area contributed by atoms with Crippen molar-refractivity contribution in [3.8, 4) is 5.75 Å². The summed E-state index contributed by atoms with van der Waals surface area (Å²) in [6, 6.07) is 9.15. The summed E-state index contributed by atoms with van der Waals surface area (Å²) in [7, 11) is 1.75. The maximum Gasteiger partial charge on any atom is 0.119 e. The van der Waals surface area contributed by atoms with Crippen LogP contribution in [0.4, 0.5) is 0 Å². The fourth-order valence-electron chi connectivity index (χ4n) is 2.99. The van der Waals surface area contributed by atoms with Crippen molar-refractivity contribution in [3.63, 3.8) is 0 Å². The second kappa shape index (κ2) is 8.28. The number of piperazine rings is 1. The summed E-state index contributed by atoms with van der Waals surface area (Å²) in [5, 5.41) is 3.44. The van der Waals surface area contributed by atoms with Gasteiger partial charge in [-0.05, 0) is 24.1 Å². The molecule has 0 bridgehead atoms. The fourth-order valence-corrected chi connectivity index (χ4v) is 2.99. The summed E-state index contributed by atoms with van der Waals surface area (Å²) in [6.45, 7) is 6.77. The Balaban J connectivity index is 2.10. The topological polar surface area (TPSA) is 24.5 Å². The number of methoxy groups -OCH3 is 1. The molecule has 1 aromatic rings. The van der Waals surface area contributed by atoms with Crippen LogP contribution in [0.25, 0.3) is 0 Å². The van der Waals surface area contributed by atoms with Crippen molar-refractivity contribution >= 4 is 0 Å².